The molecule has 0 aliphatic rings. The van der Waals surface area contributed by atoms with Gasteiger partial charge in [-0.1, -0.05) is 62.7 Å². The third kappa shape index (κ3) is 7.31. The number of hydrogen-bond acceptors (Lipinski definition) is 2. The SMILES string of the molecule is Cc1ccc(COc2ccc(CNC(C)(C)CC(C)(C)C)cc2)cc1. The van der Waals surface area contributed by atoms with Crippen LogP contribution in [0.15, 0.2) is 48.5 Å². The predicted molar refractivity (Wildman–Crippen MR) is 107 cm³/mol. The van der Waals surface area contributed by atoms with Crippen LogP contribution in [0.4, 0.5) is 0 Å². The molecule has 2 nitrogen and oxygen atoms in total. The highest BCUT2D eigenvalue weighted by atomic mass is 16.5. The highest BCUT2D eigenvalue weighted by Gasteiger charge is 2.24. The van der Waals surface area contributed by atoms with Crippen molar-refractivity contribution >= 4 is 0 Å². The lowest BCUT2D eigenvalue weighted by atomic mass is 9.82. The summed E-state index contributed by atoms with van der Waals surface area (Å²) < 4.78 is 5.88. The highest BCUT2D eigenvalue weighted by molar-refractivity contribution is 5.28. The Morgan fingerprint density at radius 2 is 1.36 bits per heavy atom. The van der Waals surface area contributed by atoms with Crippen LogP contribution in [0.5, 0.6) is 5.75 Å². The maximum atomic E-state index is 5.88. The molecule has 0 unspecified atom stereocenters. The van der Waals surface area contributed by atoms with Crippen LogP contribution in [0.3, 0.4) is 0 Å². The van der Waals surface area contributed by atoms with Crippen LogP contribution in [0.2, 0.25) is 0 Å². The standard InChI is InChI=1S/C23H33NO/c1-18-7-9-20(10-8-18)16-25-21-13-11-19(12-14-21)15-24-23(5,6)17-22(2,3)4/h7-14,24H,15-17H2,1-6H3. The molecule has 2 heteroatoms. The largest absolute Gasteiger partial charge is 0.489 e. The van der Waals surface area contributed by atoms with Gasteiger partial charge in [-0.25, -0.2) is 0 Å². The Hall–Kier alpha value is -1.80. The van der Waals surface area contributed by atoms with Crippen molar-refractivity contribution in [2.24, 2.45) is 5.41 Å². The van der Waals surface area contributed by atoms with Gasteiger partial charge in [0.1, 0.15) is 12.4 Å². The van der Waals surface area contributed by atoms with E-state index in [2.05, 4.69) is 95.4 Å². The first-order valence-corrected chi connectivity index (χ1v) is 9.15. The van der Waals surface area contributed by atoms with E-state index < -0.39 is 0 Å². The summed E-state index contributed by atoms with van der Waals surface area (Å²) in [6.07, 6.45) is 1.14. The maximum absolute atomic E-state index is 5.88. The lowest BCUT2D eigenvalue weighted by Gasteiger charge is -2.33. The lowest BCUT2D eigenvalue weighted by Crippen LogP contribution is -2.41. The van der Waals surface area contributed by atoms with Crippen LogP contribution in [0.25, 0.3) is 0 Å². The second-order valence-corrected chi connectivity index (χ2v) is 8.89. The monoisotopic (exact) mass is 339 g/mol. The smallest absolute Gasteiger partial charge is 0.119 e. The molecule has 136 valence electrons. The van der Waals surface area contributed by atoms with Gasteiger partial charge in [-0.15, -0.1) is 0 Å². The van der Waals surface area contributed by atoms with Gasteiger partial charge < -0.3 is 10.1 Å². The molecule has 0 aliphatic heterocycles. The summed E-state index contributed by atoms with van der Waals surface area (Å²) in [7, 11) is 0. The fraction of sp³-hybridized carbons (Fsp3) is 0.478. The average molecular weight is 340 g/mol. The molecule has 0 atom stereocenters. The fourth-order valence-electron chi connectivity index (χ4n) is 3.28. The molecule has 0 bridgehead atoms. The first-order valence-electron chi connectivity index (χ1n) is 9.15. The summed E-state index contributed by atoms with van der Waals surface area (Å²) >= 11 is 0. The fourth-order valence-corrected chi connectivity index (χ4v) is 3.28. The Labute approximate surface area is 153 Å². The molecular weight excluding hydrogens is 306 g/mol. The number of benzene rings is 2. The van der Waals surface area contributed by atoms with Gasteiger partial charge in [0.15, 0.2) is 0 Å². The number of hydrogen-bond donors (Lipinski definition) is 1. The van der Waals surface area contributed by atoms with Crippen LogP contribution in [0, 0.1) is 12.3 Å². The summed E-state index contributed by atoms with van der Waals surface area (Å²) in [6.45, 7) is 15.0. The summed E-state index contributed by atoms with van der Waals surface area (Å²) in [5.74, 6) is 0.915. The zero-order valence-electron chi connectivity index (χ0n) is 16.6. The predicted octanol–water partition coefficient (Wildman–Crippen LogP) is 5.88. The third-order valence-electron chi connectivity index (χ3n) is 4.19. The molecule has 25 heavy (non-hydrogen) atoms. The molecule has 0 radical (unpaired) electrons. The van der Waals surface area contributed by atoms with Crippen molar-refractivity contribution in [1.82, 2.24) is 5.32 Å². The van der Waals surface area contributed by atoms with E-state index in [1.54, 1.807) is 0 Å². The Kier molecular flexibility index (Phi) is 6.29. The first kappa shape index (κ1) is 19.5. The van der Waals surface area contributed by atoms with Crippen LogP contribution >= 0.6 is 0 Å². The van der Waals surface area contributed by atoms with Gasteiger partial charge in [0.25, 0.3) is 0 Å². The topological polar surface area (TPSA) is 21.3 Å². The van der Waals surface area contributed by atoms with E-state index in [9.17, 15) is 0 Å². The van der Waals surface area contributed by atoms with Gasteiger partial charge in [0.2, 0.25) is 0 Å². The number of rotatable bonds is 7. The van der Waals surface area contributed by atoms with E-state index in [-0.39, 0.29) is 5.54 Å². The molecule has 0 fully saturated rings. The molecule has 2 aromatic carbocycles. The van der Waals surface area contributed by atoms with Crippen LogP contribution in [-0.4, -0.2) is 5.54 Å². The maximum Gasteiger partial charge on any atom is 0.119 e. The quantitative estimate of drug-likeness (QED) is 0.680. The minimum Gasteiger partial charge on any atom is -0.489 e. The number of ether oxygens (including phenoxy) is 1. The molecular formula is C23H33NO. The minimum atomic E-state index is 0.124. The van der Waals surface area contributed by atoms with E-state index >= 15 is 0 Å². The molecule has 0 heterocycles. The Morgan fingerprint density at radius 3 is 1.92 bits per heavy atom. The van der Waals surface area contributed by atoms with Gasteiger partial charge in [-0.2, -0.15) is 0 Å². The van der Waals surface area contributed by atoms with E-state index in [1.165, 1.54) is 16.7 Å². The third-order valence-corrected chi connectivity index (χ3v) is 4.19. The molecule has 2 rings (SSSR count). The van der Waals surface area contributed by atoms with Gasteiger partial charge in [-0.3, -0.25) is 0 Å². The van der Waals surface area contributed by atoms with E-state index in [4.69, 9.17) is 4.74 Å². The lowest BCUT2D eigenvalue weighted by molar-refractivity contribution is 0.240. The Balaban J connectivity index is 1.84. The first-order chi connectivity index (χ1) is 11.6. The van der Waals surface area contributed by atoms with E-state index in [0.717, 1.165) is 18.7 Å². The Bertz CT molecular complexity index is 648. The van der Waals surface area contributed by atoms with Crippen LogP contribution in [-0.2, 0) is 13.2 Å². The zero-order chi connectivity index (χ0) is 18.5. The van der Waals surface area contributed by atoms with Crippen molar-refractivity contribution in [3.8, 4) is 5.75 Å². The number of aryl methyl sites for hydroxylation is 1. The molecule has 0 aliphatic carbocycles. The van der Waals surface area contributed by atoms with Crippen molar-refractivity contribution in [1.29, 1.82) is 0 Å². The molecule has 2 aromatic rings. The van der Waals surface area contributed by atoms with Gasteiger partial charge in [0, 0.05) is 12.1 Å². The van der Waals surface area contributed by atoms with Crippen LogP contribution in [0.1, 0.15) is 57.7 Å². The molecule has 0 saturated heterocycles. The van der Waals surface area contributed by atoms with E-state index in [0.29, 0.717) is 12.0 Å². The van der Waals surface area contributed by atoms with Crippen molar-refractivity contribution in [3.63, 3.8) is 0 Å². The minimum absolute atomic E-state index is 0.124. The molecule has 0 saturated carbocycles. The normalized spacial score (nSPS) is 12.2. The highest BCUT2D eigenvalue weighted by Crippen LogP contribution is 2.27. The van der Waals surface area contributed by atoms with Crippen molar-refractivity contribution in [2.75, 3.05) is 0 Å². The van der Waals surface area contributed by atoms with Gasteiger partial charge in [-0.05, 0) is 55.9 Å². The second-order valence-electron chi connectivity index (χ2n) is 8.89. The zero-order valence-corrected chi connectivity index (χ0v) is 16.6. The average Bonchev–Trinajstić information content (AvgIpc) is 2.51. The molecule has 1 N–H and O–H groups in total. The van der Waals surface area contributed by atoms with Crippen molar-refractivity contribution in [3.05, 3.63) is 65.2 Å². The second kappa shape index (κ2) is 8.05. The number of nitrogens with one attached hydrogen (secondary N) is 1. The van der Waals surface area contributed by atoms with Crippen LogP contribution < -0.4 is 10.1 Å². The van der Waals surface area contributed by atoms with E-state index in [1.807, 2.05) is 0 Å². The molecule has 0 amide bonds. The van der Waals surface area contributed by atoms with Gasteiger partial charge in [0.05, 0.1) is 0 Å². The van der Waals surface area contributed by atoms with Crippen molar-refractivity contribution < 1.29 is 4.74 Å². The Morgan fingerprint density at radius 1 is 0.800 bits per heavy atom. The summed E-state index contributed by atoms with van der Waals surface area (Å²) in [6, 6.07) is 16.9. The summed E-state index contributed by atoms with van der Waals surface area (Å²) in [4.78, 5) is 0. The summed E-state index contributed by atoms with van der Waals surface area (Å²) in [5.41, 5.74) is 4.20. The van der Waals surface area contributed by atoms with Crippen molar-refractivity contribution in [2.45, 2.75) is 66.7 Å². The summed E-state index contributed by atoms with van der Waals surface area (Å²) in [5, 5.41) is 3.67. The molecule has 0 aromatic heterocycles. The molecule has 0 spiro atoms. The van der Waals surface area contributed by atoms with Gasteiger partial charge >= 0.3 is 0 Å².